The van der Waals surface area contributed by atoms with Gasteiger partial charge in [0.2, 0.25) is 0 Å². The number of carboxylic acid groups (broad SMARTS) is 1. The second kappa shape index (κ2) is 8.44. The van der Waals surface area contributed by atoms with Crippen LogP contribution in [0.4, 0.5) is 0 Å². The topological polar surface area (TPSA) is 61.8 Å². The van der Waals surface area contributed by atoms with Crippen LogP contribution < -0.4 is 5.32 Å². The zero-order chi connectivity index (χ0) is 13.4. The lowest BCUT2D eigenvalue weighted by Crippen LogP contribution is -2.50. The monoisotopic (exact) mass is 246 g/mol. The third kappa shape index (κ3) is 7.31. The van der Waals surface area contributed by atoms with E-state index in [1.807, 2.05) is 13.8 Å². The molecule has 0 bridgehead atoms. The van der Waals surface area contributed by atoms with Crippen LogP contribution in [0.2, 0.25) is 0 Å². The van der Waals surface area contributed by atoms with E-state index >= 15 is 0 Å². The molecule has 1 unspecified atom stereocenters. The molecule has 0 amide bonds. The Balaban J connectivity index is 4.39. The minimum atomic E-state index is -0.804. The van der Waals surface area contributed by atoms with E-state index < -0.39 is 12.0 Å². The Morgan fingerprint density at radius 1 is 1.35 bits per heavy atom. The van der Waals surface area contributed by atoms with Crippen LogP contribution in [0.1, 0.15) is 27.7 Å². The van der Waals surface area contributed by atoms with Gasteiger partial charge in [0, 0.05) is 32.3 Å². The lowest BCUT2D eigenvalue weighted by atomic mass is 10.2. The number of aliphatic carboxylic acids is 1. The van der Waals surface area contributed by atoms with Gasteiger partial charge < -0.3 is 15.2 Å². The van der Waals surface area contributed by atoms with E-state index in [0.717, 1.165) is 6.54 Å². The highest BCUT2D eigenvalue weighted by molar-refractivity contribution is 5.73. The summed E-state index contributed by atoms with van der Waals surface area (Å²) in [7, 11) is 1.65. The van der Waals surface area contributed by atoms with Crippen molar-refractivity contribution in [1.82, 2.24) is 10.2 Å². The molecule has 0 aliphatic rings. The number of hydrogen-bond acceptors (Lipinski definition) is 4. The minimum Gasteiger partial charge on any atom is -0.480 e. The minimum absolute atomic E-state index is 0.160. The Hall–Kier alpha value is -0.650. The molecule has 0 saturated carbocycles. The first-order valence-electron chi connectivity index (χ1n) is 6.10. The molecule has 2 N–H and O–H groups in total. The van der Waals surface area contributed by atoms with Gasteiger partial charge in [0.25, 0.3) is 0 Å². The number of methoxy groups -OCH3 is 1. The fourth-order valence-corrected chi connectivity index (χ4v) is 1.61. The molecule has 0 saturated heterocycles. The van der Waals surface area contributed by atoms with E-state index in [-0.39, 0.29) is 6.04 Å². The van der Waals surface area contributed by atoms with E-state index in [1.54, 1.807) is 7.11 Å². The molecule has 1 atom stereocenters. The van der Waals surface area contributed by atoms with Crippen LogP contribution in [-0.4, -0.2) is 60.9 Å². The first-order valence-corrected chi connectivity index (χ1v) is 6.10. The van der Waals surface area contributed by atoms with Gasteiger partial charge in [-0.1, -0.05) is 13.8 Å². The van der Waals surface area contributed by atoms with Crippen molar-refractivity contribution in [1.29, 1.82) is 0 Å². The van der Waals surface area contributed by atoms with E-state index in [1.165, 1.54) is 0 Å². The molecule has 0 aromatic carbocycles. The number of ether oxygens (including phenoxy) is 1. The number of nitrogens with one attached hydrogen (secondary N) is 1. The van der Waals surface area contributed by atoms with E-state index in [0.29, 0.717) is 19.2 Å². The van der Waals surface area contributed by atoms with Gasteiger partial charge in [-0.05, 0) is 13.8 Å². The van der Waals surface area contributed by atoms with Crippen LogP contribution in [0.3, 0.4) is 0 Å². The van der Waals surface area contributed by atoms with Crippen LogP contribution in [-0.2, 0) is 9.53 Å². The highest BCUT2D eigenvalue weighted by Crippen LogP contribution is 2.01. The van der Waals surface area contributed by atoms with E-state index in [9.17, 15) is 4.79 Å². The maximum Gasteiger partial charge on any atom is 0.322 e. The summed E-state index contributed by atoms with van der Waals surface area (Å²) in [4.78, 5) is 13.3. The second-order valence-electron chi connectivity index (χ2n) is 4.79. The third-order valence-corrected chi connectivity index (χ3v) is 2.56. The molecular weight excluding hydrogens is 220 g/mol. The smallest absolute Gasteiger partial charge is 0.322 e. The molecule has 0 fully saturated rings. The predicted octanol–water partition coefficient (Wildman–Crippen LogP) is 0.794. The van der Waals surface area contributed by atoms with Crippen LogP contribution >= 0.6 is 0 Å². The molecule has 5 heteroatoms. The molecular formula is C12H26N2O3. The summed E-state index contributed by atoms with van der Waals surface area (Å²) in [5.41, 5.74) is 0. The lowest BCUT2D eigenvalue weighted by molar-refractivity contribution is -0.140. The highest BCUT2D eigenvalue weighted by Gasteiger charge is 2.22. The average Bonchev–Trinajstić information content (AvgIpc) is 2.21. The molecule has 0 aromatic rings. The first kappa shape index (κ1) is 16.4. The summed E-state index contributed by atoms with van der Waals surface area (Å²) < 4.78 is 5.04. The van der Waals surface area contributed by atoms with Gasteiger partial charge in [-0.25, -0.2) is 0 Å². The quantitative estimate of drug-likeness (QED) is 0.630. The first-order chi connectivity index (χ1) is 7.88. The van der Waals surface area contributed by atoms with Gasteiger partial charge in [-0.3, -0.25) is 9.69 Å². The summed E-state index contributed by atoms with van der Waals surface area (Å²) in [5.74, 6) is -0.804. The van der Waals surface area contributed by atoms with Gasteiger partial charge in [0.15, 0.2) is 0 Å². The molecule has 0 heterocycles. The Labute approximate surface area is 104 Å². The SMILES string of the molecule is COCCN(CC(NC(C)C)C(=O)O)C(C)C. The zero-order valence-corrected chi connectivity index (χ0v) is 11.6. The van der Waals surface area contributed by atoms with E-state index in [4.69, 9.17) is 9.84 Å². The molecule has 0 aromatic heterocycles. The summed E-state index contributed by atoms with van der Waals surface area (Å²) in [5, 5.41) is 12.2. The van der Waals surface area contributed by atoms with Crippen LogP contribution in [0.5, 0.6) is 0 Å². The number of nitrogens with zero attached hydrogens (tertiary/aromatic N) is 1. The van der Waals surface area contributed by atoms with Crippen molar-refractivity contribution in [2.24, 2.45) is 0 Å². The Kier molecular flexibility index (Phi) is 8.12. The number of carboxylic acids is 1. The molecule has 5 nitrogen and oxygen atoms in total. The van der Waals surface area contributed by atoms with Crippen molar-refractivity contribution >= 4 is 5.97 Å². The van der Waals surface area contributed by atoms with Gasteiger partial charge >= 0.3 is 5.97 Å². The predicted molar refractivity (Wildman–Crippen MR) is 68.3 cm³/mol. The average molecular weight is 246 g/mol. The summed E-state index contributed by atoms with van der Waals surface area (Å²) in [6, 6.07) is -0.0669. The molecule has 17 heavy (non-hydrogen) atoms. The Bertz CT molecular complexity index is 220. The Morgan fingerprint density at radius 2 is 1.94 bits per heavy atom. The van der Waals surface area contributed by atoms with Crippen molar-refractivity contribution < 1.29 is 14.6 Å². The summed E-state index contributed by atoms with van der Waals surface area (Å²) >= 11 is 0. The number of rotatable bonds is 9. The van der Waals surface area contributed by atoms with Crippen molar-refractivity contribution in [3.05, 3.63) is 0 Å². The standard InChI is InChI=1S/C12H26N2O3/c1-9(2)13-11(12(15)16)8-14(10(3)4)6-7-17-5/h9-11,13H,6-8H2,1-5H3,(H,15,16). The number of carbonyl (C=O) groups is 1. The zero-order valence-electron chi connectivity index (χ0n) is 11.6. The summed E-state index contributed by atoms with van der Waals surface area (Å²) in [6.07, 6.45) is 0. The van der Waals surface area contributed by atoms with Crippen LogP contribution in [0.15, 0.2) is 0 Å². The molecule has 0 spiro atoms. The fraction of sp³-hybridized carbons (Fsp3) is 0.917. The largest absolute Gasteiger partial charge is 0.480 e. The maximum absolute atomic E-state index is 11.1. The van der Waals surface area contributed by atoms with Crippen molar-refractivity contribution in [2.45, 2.75) is 45.8 Å². The molecule has 0 radical (unpaired) electrons. The van der Waals surface area contributed by atoms with Gasteiger partial charge in [0.1, 0.15) is 6.04 Å². The van der Waals surface area contributed by atoms with Crippen molar-refractivity contribution in [2.75, 3.05) is 26.8 Å². The highest BCUT2D eigenvalue weighted by atomic mass is 16.5. The fourth-order valence-electron chi connectivity index (χ4n) is 1.61. The Morgan fingerprint density at radius 3 is 2.29 bits per heavy atom. The second-order valence-corrected chi connectivity index (χ2v) is 4.79. The van der Waals surface area contributed by atoms with Gasteiger partial charge in [0.05, 0.1) is 6.61 Å². The molecule has 0 aliphatic heterocycles. The van der Waals surface area contributed by atoms with Gasteiger partial charge in [-0.2, -0.15) is 0 Å². The van der Waals surface area contributed by atoms with Crippen molar-refractivity contribution in [3.8, 4) is 0 Å². The van der Waals surface area contributed by atoms with Crippen LogP contribution in [0, 0.1) is 0 Å². The van der Waals surface area contributed by atoms with Gasteiger partial charge in [-0.15, -0.1) is 0 Å². The van der Waals surface area contributed by atoms with E-state index in [2.05, 4.69) is 24.1 Å². The maximum atomic E-state index is 11.1. The summed E-state index contributed by atoms with van der Waals surface area (Å²) in [6.45, 7) is 9.88. The molecule has 0 rings (SSSR count). The third-order valence-electron chi connectivity index (χ3n) is 2.56. The van der Waals surface area contributed by atoms with Crippen LogP contribution in [0.25, 0.3) is 0 Å². The lowest BCUT2D eigenvalue weighted by Gasteiger charge is -2.30. The molecule has 0 aliphatic carbocycles. The number of hydrogen-bond donors (Lipinski definition) is 2. The van der Waals surface area contributed by atoms with Crippen molar-refractivity contribution in [3.63, 3.8) is 0 Å². The molecule has 102 valence electrons. The normalized spacial score (nSPS) is 13.6.